The Morgan fingerprint density at radius 1 is 0.619 bits per heavy atom. The van der Waals surface area contributed by atoms with E-state index in [9.17, 15) is 0 Å². The maximum absolute atomic E-state index is 6.07. The highest BCUT2D eigenvalue weighted by atomic mass is 35.5. The lowest BCUT2D eigenvalue weighted by atomic mass is 9.53. The summed E-state index contributed by atoms with van der Waals surface area (Å²) in [6, 6.07) is 9.08. The van der Waals surface area contributed by atoms with Crippen molar-refractivity contribution in [3.8, 4) is 0 Å². The molecule has 8 aliphatic rings. The molecule has 0 amide bonds. The van der Waals surface area contributed by atoms with Gasteiger partial charge in [-0.05, 0) is 142 Å². The lowest BCUT2D eigenvalue weighted by Gasteiger charge is -2.57. The maximum atomic E-state index is 6.07. The Kier molecular flexibility index (Phi) is 7.66. The quantitative estimate of drug-likeness (QED) is 0.216. The van der Waals surface area contributed by atoms with Gasteiger partial charge in [-0.1, -0.05) is 19.0 Å². The van der Waals surface area contributed by atoms with Crippen LogP contribution in [-0.2, 0) is 13.1 Å². The number of hydrogen-bond acceptors (Lipinski definition) is 6. The van der Waals surface area contributed by atoms with Crippen molar-refractivity contribution in [1.29, 1.82) is 0 Å². The normalized spacial score (nSPS) is 37.4. The van der Waals surface area contributed by atoms with E-state index in [4.69, 9.17) is 11.6 Å². The van der Waals surface area contributed by atoms with Crippen LogP contribution in [0.1, 0.15) is 94.2 Å². The second-order valence-corrected chi connectivity index (χ2v) is 20.4. The van der Waals surface area contributed by atoms with Gasteiger partial charge in [0.1, 0.15) is 0 Å². The summed E-state index contributed by atoms with van der Waals surface area (Å²) in [5.41, 5.74) is 0.982. The smallest absolute Gasteiger partial charge is 0.0949 e. The van der Waals surface area contributed by atoms with Gasteiger partial charge < -0.3 is 10.6 Å². The molecule has 4 aromatic heterocycles. The monoisotopic (exact) mass is 656 g/mol. The van der Waals surface area contributed by atoms with Crippen LogP contribution in [0, 0.1) is 35.5 Å². The zero-order valence-corrected chi connectivity index (χ0v) is 27.8. The number of thiophene rings is 4. The summed E-state index contributed by atoms with van der Waals surface area (Å²) in [7, 11) is 0. The summed E-state index contributed by atoms with van der Waals surface area (Å²) in [5, 5.41) is 13.0. The number of halogens is 1. The first kappa shape index (κ1) is 29.0. The van der Waals surface area contributed by atoms with Crippen molar-refractivity contribution in [2.75, 3.05) is 0 Å². The first-order valence-corrected chi connectivity index (χ1v) is 19.8. The SMILES string of the molecule is C.Clc1cc2cc(CNC34CC5CC(CC(C5)C3)C4)sc2s1.c1cc2cc(CNC34CC5CC(CC(C5)C3)C4)sc2s1. The van der Waals surface area contributed by atoms with Gasteiger partial charge >= 0.3 is 0 Å². The molecule has 0 atom stereocenters. The molecule has 8 fully saturated rings. The van der Waals surface area contributed by atoms with Gasteiger partial charge in [0.05, 0.1) is 12.4 Å². The Labute approximate surface area is 272 Å². The van der Waals surface area contributed by atoms with Crippen molar-refractivity contribution in [3.05, 3.63) is 43.7 Å². The first-order valence-electron chi connectivity index (χ1n) is 16.1. The molecule has 0 unspecified atom stereocenters. The topological polar surface area (TPSA) is 24.1 Å². The average Bonchev–Trinajstić information content (AvgIpc) is 3.66. The van der Waals surface area contributed by atoms with Crippen LogP contribution in [0.5, 0.6) is 0 Å². The minimum Gasteiger partial charge on any atom is -0.306 e. The molecular weight excluding hydrogens is 612 g/mol. The predicted molar refractivity (Wildman–Crippen MR) is 187 cm³/mol. The fourth-order valence-electron chi connectivity index (χ4n) is 11.1. The third kappa shape index (κ3) is 5.48. The fraction of sp³-hybridized carbons (Fsp3) is 0.657. The van der Waals surface area contributed by atoms with Crippen LogP contribution < -0.4 is 10.6 Å². The van der Waals surface area contributed by atoms with Crippen molar-refractivity contribution in [1.82, 2.24) is 10.6 Å². The molecule has 8 saturated carbocycles. The minimum absolute atomic E-state index is 0. The molecule has 4 aromatic rings. The number of rotatable bonds is 6. The molecule has 226 valence electrons. The first-order chi connectivity index (χ1) is 20.0. The largest absolute Gasteiger partial charge is 0.306 e. The van der Waals surface area contributed by atoms with E-state index in [1.807, 2.05) is 34.0 Å². The maximum Gasteiger partial charge on any atom is 0.0949 e. The van der Waals surface area contributed by atoms with Crippen LogP contribution in [0.25, 0.3) is 18.8 Å². The van der Waals surface area contributed by atoms with Crippen molar-refractivity contribution >= 4 is 75.7 Å². The van der Waals surface area contributed by atoms with E-state index in [-0.39, 0.29) is 7.43 Å². The zero-order chi connectivity index (χ0) is 27.2. The second-order valence-electron chi connectivity index (χ2n) is 15.0. The summed E-state index contributed by atoms with van der Waals surface area (Å²) in [6.07, 6.45) is 17.9. The molecule has 12 rings (SSSR count). The number of hydrogen-bond donors (Lipinski definition) is 2. The summed E-state index contributed by atoms with van der Waals surface area (Å²) < 4.78 is 3.78. The molecule has 0 spiro atoms. The van der Waals surface area contributed by atoms with E-state index in [2.05, 4.69) is 40.3 Å². The highest BCUT2D eigenvalue weighted by Crippen LogP contribution is 2.57. The van der Waals surface area contributed by atoms with Crippen molar-refractivity contribution in [2.45, 2.75) is 109 Å². The zero-order valence-electron chi connectivity index (χ0n) is 23.8. The lowest BCUT2D eigenvalue weighted by molar-refractivity contribution is -0.0206. The Hall–Kier alpha value is -0.470. The van der Waals surface area contributed by atoms with E-state index in [0.717, 1.165) is 52.9 Å². The molecule has 42 heavy (non-hydrogen) atoms. The van der Waals surface area contributed by atoms with E-state index in [0.29, 0.717) is 11.1 Å². The summed E-state index contributed by atoms with van der Waals surface area (Å²) >= 11 is 13.6. The van der Waals surface area contributed by atoms with Gasteiger partial charge in [-0.3, -0.25) is 0 Å². The highest BCUT2D eigenvalue weighted by Gasteiger charge is 2.51. The summed E-state index contributed by atoms with van der Waals surface area (Å²) in [6.45, 7) is 2.15. The van der Waals surface area contributed by atoms with Crippen LogP contribution in [0.15, 0.2) is 29.6 Å². The van der Waals surface area contributed by atoms with E-state index in [1.165, 1.54) is 106 Å². The van der Waals surface area contributed by atoms with Gasteiger partial charge in [0.15, 0.2) is 0 Å². The predicted octanol–water partition coefficient (Wildman–Crippen LogP) is 11.3. The molecule has 0 aliphatic heterocycles. The van der Waals surface area contributed by atoms with Crippen molar-refractivity contribution in [2.24, 2.45) is 35.5 Å². The number of fused-ring (bicyclic) bond motifs is 2. The second kappa shape index (κ2) is 11.1. The van der Waals surface area contributed by atoms with Gasteiger partial charge in [0.25, 0.3) is 0 Å². The van der Waals surface area contributed by atoms with Crippen LogP contribution >= 0.6 is 56.9 Å². The van der Waals surface area contributed by atoms with E-state index < -0.39 is 0 Å². The minimum atomic E-state index is 0. The van der Waals surface area contributed by atoms with Crippen LogP contribution in [0.3, 0.4) is 0 Å². The Morgan fingerprint density at radius 3 is 1.52 bits per heavy atom. The molecule has 2 nitrogen and oxygen atoms in total. The van der Waals surface area contributed by atoms with Gasteiger partial charge in [0, 0.05) is 44.7 Å². The Bertz CT molecular complexity index is 1430. The van der Waals surface area contributed by atoms with Crippen molar-refractivity contribution < 1.29 is 0 Å². The van der Waals surface area contributed by atoms with Gasteiger partial charge in [-0.25, -0.2) is 0 Å². The van der Waals surface area contributed by atoms with Crippen LogP contribution in [-0.4, -0.2) is 11.1 Å². The molecule has 0 radical (unpaired) electrons. The highest BCUT2D eigenvalue weighted by molar-refractivity contribution is 7.39. The van der Waals surface area contributed by atoms with Crippen LogP contribution in [0.4, 0.5) is 0 Å². The Balaban J connectivity index is 0.000000124. The van der Waals surface area contributed by atoms with Gasteiger partial charge in [-0.15, -0.1) is 45.3 Å². The van der Waals surface area contributed by atoms with E-state index in [1.54, 1.807) is 11.3 Å². The third-order valence-corrected chi connectivity index (χ3v) is 16.5. The third-order valence-electron chi connectivity index (χ3n) is 11.8. The van der Waals surface area contributed by atoms with Gasteiger partial charge in [0.2, 0.25) is 0 Å². The molecule has 2 N–H and O–H groups in total. The molecular formula is C35H45ClN2S4. The number of nitrogens with one attached hydrogen (secondary N) is 2. The molecule has 0 saturated heterocycles. The molecule has 4 heterocycles. The molecule has 8 aliphatic carbocycles. The summed E-state index contributed by atoms with van der Waals surface area (Å²) in [4.78, 5) is 3.01. The summed E-state index contributed by atoms with van der Waals surface area (Å²) in [5.74, 6) is 6.19. The van der Waals surface area contributed by atoms with E-state index >= 15 is 0 Å². The lowest BCUT2D eigenvalue weighted by Crippen LogP contribution is -2.58. The Morgan fingerprint density at radius 2 is 1.07 bits per heavy atom. The average molecular weight is 657 g/mol. The van der Waals surface area contributed by atoms with Crippen LogP contribution in [0.2, 0.25) is 4.34 Å². The molecule has 8 bridgehead atoms. The van der Waals surface area contributed by atoms with Gasteiger partial charge in [-0.2, -0.15) is 0 Å². The fourth-order valence-corrected chi connectivity index (χ4v) is 15.8. The standard InChI is InChI=1S/C17H20ClNS2.C17H21NS2.CH4/c18-15-5-13-4-14(20-16(13)21-15)9-19-17-6-10-1-11(7-17)3-12(2-10)8-17;1-2-19-16-14(1)6-15(20-16)10-18-17-7-11-3-12(8-17)5-13(4-11)9-17;/h4-5,10-12,19H,1-3,6-9H2;1-2,6,11-13,18H,3-5,7-10H2;1H4. The van der Waals surface area contributed by atoms with Crippen molar-refractivity contribution in [3.63, 3.8) is 0 Å². The molecule has 7 heteroatoms. The molecule has 0 aromatic carbocycles.